The van der Waals surface area contributed by atoms with Crippen molar-refractivity contribution in [3.63, 3.8) is 0 Å². The highest BCUT2D eigenvalue weighted by Crippen LogP contribution is 2.26. The number of hydrogen-bond acceptors (Lipinski definition) is 3. The Labute approximate surface area is 152 Å². The predicted octanol–water partition coefficient (Wildman–Crippen LogP) is 3.85. The molecule has 132 valence electrons. The Hall–Kier alpha value is -3.18. The van der Waals surface area contributed by atoms with Gasteiger partial charge in [-0.15, -0.1) is 0 Å². The molecule has 0 fully saturated rings. The predicted molar refractivity (Wildman–Crippen MR) is 103 cm³/mol. The maximum absolute atomic E-state index is 11.7. The van der Waals surface area contributed by atoms with Crippen LogP contribution in [0.3, 0.4) is 0 Å². The number of amides is 1. The quantitative estimate of drug-likeness (QED) is 0.563. The van der Waals surface area contributed by atoms with Gasteiger partial charge in [-0.2, -0.15) is 5.10 Å². The molecule has 26 heavy (non-hydrogen) atoms. The second-order valence-corrected chi connectivity index (χ2v) is 6.02. The molecule has 1 N–H and O–H groups in total. The largest absolute Gasteiger partial charge is 0.277 e. The lowest BCUT2D eigenvalue weighted by Crippen LogP contribution is -2.18. The van der Waals surface area contributed by atoms with Gasteiger partial charge in [0.1, 0.15) is 0 Å². The molecule has 1 heterocycles. The van der Waals surface area contributed by atoms with Crippen LogP contribution in [0.5, 0.6) is 0 Å². The minimum atomic E-state index is -0.328. The van der Waals surface area contributed by atoms with Crippen LogP contribution in [-0.2, 0) is 9.63 Å². The minimum absolute atomic E-state index is 0.328. The van der Waals surface area contributed by atoms with E-state index in [2.05, 4.69) is 36.3 Å². The summed E-state index contributed by atoms with van der Waals surface area (Å²) in [6.45, 7) is 4.16. The minimum Gasteiger partial charge on any atom is -0.277 e. The highest BCUT2D eigenvalue weighted by atomic mass is 16.6. The van der Waals surface area contributed by atoms with Crippen LogP contribution in [0.25, 0.3) is 23.0 Å². The third-order valence-electron chi connectivity index (χ3n) is 4.16. The summed E-state index contributed by atoms with van der Waals surface area (Å²) >= 11 is 0. The molecule has 0 radical (unpaired) electrons. The van der Waals surface area contributed by atoms with Crippen LogP contribution >= 0.6 is 0 Å². The van der Waals surface area contributed by atoms with E-state index in [9.17, 15) is 4.79 Å². The molecule has 5 heteroatoms. The molecule has 0 saturated heterocycles. The van der Waals surface area contributed by atoms with Crippen molar-refractivity contribution in [1.29, 1.82) is 0 Å². The lowest BCUT2D eigenvalue weighted by atomic mass is 10.0. The fourth-order valence-electron chi connectivity index (χ4n) is 2.64. The van der Waals surface area contributed by atoms with E-state index in [4.69, 9.17) is 5.10 Å². The third-order valence-corrected chi connectivity index (χ3v) is 4.16. The average molecular weight is 347 g/mol. The smallest absolute Gasteiger partial charge is 0.267 e. The van der Waals surface area contributed by atoms with Gasteiger partial charge in [0.2, 0.25) is 0 Å². The van der Waals surface area contributed by atoms with Crippen molar-refractivity contribution in [3.8, 4) is 16.9 Å². The number of nitrogens with one attached hydrogen (secondary N) is 1. The van der Waals surface area contributed by atoms with E-state index in [0.717, 1.165) is 22.5 Å². The van der Waals surface area contributed by atoms with Gasteiger partial charge in [0.25, 0.3) is 5.91 Å². The van der Waals surface area contributed by atoms with Crippen LogP contribution in [-0.4, -0.2) is 22.8 Å². The summed E-state index contributed by atoms with van der Waals surface area (Å²) in [7, 11) is 1.40. The number of aromatic nitrogens is 2. The van der Waals surface area contributed by atoms with E-state index in [1.807, 2.05) is 47.3 Å². The first kappa shape index (κ1) is 17.6. The van der Waals surface area contributed by atoms with Gasteiger partial charge >= 0.3 is 0 Å². The maximum atomic E-state index is 11.7. The van der Waals surface area contributed by atoms with Crippen molar-refractivity contribution in [2.75, 3.05) is 7.11 Å². The third kappa shape index (κ3) is 3.90. The molecular weight excluding hydrogens is 326 g/mol. The summed E-state index contributed by atoms with van der Waals surface area (Å²) in [6, 6.07) is 16.1. The molecule has 3 rings (SSSR count). The Balaban J connectivity index is 2.06. The van der Waals surface area contributed by atoms with Crippen molar-refractivity contribution in [3.05, 3.63) is 77.5 Å². The highest BCUT2D eigenvalue weighted by Gasteiger charge is 2.11. The van der Waals surface area contributed by atoms with E-state index >= 15 is 0 Å². The van der Waals surface area contributed by atoms with Crippen LogP contribution in [0.15, 0.2) is 60.8 Å². The first-order valence-corrected chi connectivity index (χ1v) is 8.32. The summed E-state index contributed by atoms with van der Waals surface area (Å²) in [6.07, 6.45) is 5.09. The van der Waals surface area contributed by atoms with Gasteiger partial charge < -0.3 is 0 Å². The van der Waals surface area contributed by atoms with Crippen LogP contribution in [0.2, 0.25) is 0 Å². The summed E-state index contributed by atoms with van der Waals surface area (Å²) in [5.74, 6) is -0.328. The van der Waals surface area contributed by atoms with Crippen molar-refractivity contribution < 1.29 is 9.63 Å². The molecule has 0 atom stereocenters. The molecule has 0 aliphatic rings. The Morgan fingerprint density at radius 3 is 2.58 bits per heavy atom. The van der Waals surface area contributed by atoms with Gasteiger partial charge in [0.15, 0.2) is 0 Å². The molecule has 0 aliphatic carbocycles. The summed E-state index contributed by atoms with van der Waals surface area (Å²) in [4.78, 5) is 16.3. The Morgan fingerprint density at radius 2 is 1.88 bits per heavy atom. The molecule has 2 aromatic carbocycles. The fraction of sp³-hybridized carbons (Fsp3) is 0.143. The number of rotatable bonds is 5. The fourth-order valence-corrected chi connectivity index (χ4v) is 2.64. The SMILES string of the molecule is CONC(=O)C=Cc1cn(-c2ccccc2)nc1-c1ccc(C)c(C)c1. The van der Waals surface area contributed by atoms with Gasteiger partial charge in [-0.1, -0.05) is 30.3 Å². The van der Waals surface area contributed by atoms with Gasteiger partial charge in [-0.05, 0) is 49.2 Å². The zero-order valence-electron chi connectivity index (χ0n) is 15.1. The van der Waals surface area contributed by atoms with Crippen LogP contribution in [0.4, 0.5) is 0 Å². The molecule has 3 aromatic rings. The van der Waals surface area contributed by atoms with E-state index in [1.165, 1.54) is 24.3 Å². The summed E-state index contributed by atoms with van der Waals surface area (Å²) in [5, 5.41) is 4.75. The normalized spacial score (nSPS) is 11.0. The standard InChI is InChI=1S/C21H21N3O2/c1-15-9-10-17(13-16(15)2)21-18(11-12-20(25)23-26-3)14-24(22-21)19-7-5-4-6-8-19/h4-14H,1-3H3,(H,23,25). The molecule has 0 spiro atoms. The van der Waals surface area contributed by atoms with Crippen LogP contribution in [0, 0.1) is 13.8 Å². The molecule has 1 aromatic heterocycles. The lowest BCUT2D eigenvalue weighted by molar-refractivity contribution is -0.126. The second-order valence-electron chi connectivity index (χ2n) is 6.02. The molecular formula is C21H21N3O2. The Bertz CT molecular complexity index is 943. The topological polar surface area (TPSA) is 56.1 Å². The second kappa shape index (κ2) is 7.80. The van der Waals surface area contributed by atoms with Gasteiger partial charge in [0.05, 0.1) is 18.5 Å². The number of hydroxylamine groups is 1. The summed E-state index contributed by atoms with van der Waals surface area (Å²) in [5.41, 5.74) is 8.34. The number of carbonyl (C=O) groups excluding carboxylic acids is 1. The monoisotopic (exact) mass is 347 g/mol. The molecule has 0 saturated carbocycles. The first-order chi connectivity index (χ1) is 12.6. The highest BCUT2D eigenvalue weighted by molar-refractivity contribution is 5.92. The molecule has 0 bridgehead atoms. The molecule has 0 unspecified atom stereocenters. The number of para-hydroxylation sites is 1. The maximum Gasteiger partial charge on any atom is 0.267 e. The number of hydrogen-bond donors (Lipinski definition) is 1. The zero-order valence-corrected chi connectivity index (χ0v) is 15.1. The number of aryl methyl sites for hydroxylation is 2. The number of nitrogens with zero attached hydrogens (tertiary/aromatic N) is 2. The van der Waals surface area contributed by atoms with Crippen LogP contribution in [0.1, 0.15) is 16.7 Å². The van der Waals surface area contributed by atoms with Crippen molar-refractivity contribution >= 4 is 12.0 Å². The first-order valence-electron chi connectivity index (χ1n) is 8.32. The Kier molecular flexibility index (Phi) is 5.29. The number of benzene rings is 2. The van der Waals surface area contributed by atoms with Crippen molar-refractivity contribution in [2.24, 2.45) is 0 Å². The molecule has 5 nitrogen and oxygen atoms in total. The van der Waals surface area contributed by atoms with Gasteiger partial charge in [-0.3, -0.25) is 9.63 Å². The molecule has 0 aliphatic heterocycles. The van der Waals surface area contributed by atoms with E-state index in [1.54, 1.807) is 6.08 Å². The summed E-state index contributed by atoms with van der Waals surface area (Å²) < 4.78 is 1.82. The van der Waals surface area contributed by atoms with Gasteiger partial charge in [-0.25, -0.2) is 10.2 Å². The van der Waals surface area contributed by atoms with E-state index in [-0.39, 0.29) is 5.91 Å². The van der Waals surface area contributed by atoms with E-state index < -0.39 is 0 Å². The average Bonchev–Trinajstić information content (AvgIpc) is 3.07. The van der Waals surface area contributed by atoms with Crippen LogP contribution < -0.4 is 5.48 Å². The Morgan fingerprint density at radius 1 is 1.12 bits per heavy atom. The lowest BCUT2D eigenvalue weighted by Gasteiger charge is -2.04. The molecule has 1 amide bonds. The van der Waals surface area contributed by atoms with Crippen molar-refractivity contribution in [1.82, 2.24) is 15.3 Å². The van der Waals surface area contributed by atoms with Crippen molar-refractivity contribution in [2.45, 2.75) is 13.8 Å². The van der Waals surface area contributed by atoms with Gasteiger partial charge in [0, 0.05) is 23.4 Å². The zero-order chi connectivity index (χ0) is 18.5. The number of carbonyl (C=O) groups is 1. The van der Waals surface area contributed by atoms with E-state index in [0.29, 0.717) is 0 Å².